The number of anilines is 1. The largest absolute Gasteiger partial charge is 0.433 e. The van der Waals surface area contributed by atoms with Crippen molar-refractivity contribution in [2.75, 3.05) is 5.32 Å². The van der Waals surface area contributed by atoms with E-state index in [1.54, 1.807) is 25.1 Å². The van der Waals surface area contributed by atoms with Crippen molar-refractivity contribution in [3.05, 3.63) is 64.7 Å². The summed E-state index contributed by atoms with van der Waals surface area (Å²) in [6, 6.07) is 11.8. The van der Waals surface area contributed by atoms with Crippen molar-refractivity contribution >= 4 is 23.2 Å². The molecule has 0 aliphatic carbocycles. The smallest absolute Gasteiger partial charge is 0.332 e. The van der Waals surface area contributed by atoms with E-state index in [0.29, 0.717) is 5.56 Å². The van der Waals surface area contributed by atoms with Crippen molar-refractivity contribution in [3.63, 3.8) is 0 Å². The molecular weight excluding hydrogens is 379 g/mol. The molecule has 1 N–H and O–H groups in total. The molecule has 7 heteroatoms. The summed E-state index contributed by atoms with van der Waals surface area (Å²) in [4.78, 5) is 12.7. The van der Waals surface area contributed by atoms with Crippen LogP contribution in [0.5, 0.6) is 0 Å². The Kier molecular flexibility index (Phi) is 5.18. The Bertz CT molecular complexity index is 918. The van der Waals surface area contributed by atoms with Gasteiger partial charge in [0.15, 0.2) is 6.10 Å². The predicted octanol–water partition coefficient (Wildman–Crippen LogP) is 5.22. The Morgan fingerprint density at radius 3 is 2.56 bits per heavy atom. The van der Waals surface area contributed by atoms with Gasteiger partial charge in [-0.05, 0) is 23.8 Å². The number of hydrogen-bond donors (Lipinski definition) is 1. The zero-order valence-electron chi connectivity index (χ0n) is 14.2. The molecule has 27 heavy (non-hydrogen) atoms. The monoisotopic (exact) mass is 393 g/mol. The van der Waals surface area contributed by atoms with Gasteiger partial charge in [0.25, 0.3) is 11.5 Å². The summed E-state index contributed by atoms with van der Waals surface area (Å²) in [6.45, 7) is 1.63. The molecule has 1 heterocycles. The second-order valence-electron chi connectivity index (χ2n) is 5.92. The van der Waals surface area contributed by atoms with Crippen LogP contribution in [0.1, 0.15) is 30.6 Å². The van der Waals surface area contributed by atoms with E-state index in [2.05, 4.69) is 17.2 Å². The highest BCUT2D eigenvalue weighted by molar-refractivity contribution is 6.30. The Labute approximate surface area is 159 Å². The highest BCUT2D eigenvalue weighted by Crippen LogP contribution is 2.49. The van der Waals surface area contributed by atoms with E-state index < -0.39 is 23.8 Å². The molecule has 0 saturated carbocycles. The minimum Gasteiger partial charge on any atom is -0.332 e. The third kappa shape index (κ3) is 3.53. The normalized spacial score (nSPS) is 22.1. The molecule has 0 spiro atoms. The summed E-state index contributed by atoms with van der Waals surface area (Å²) in [5, 5.41) is 2.59. The Balaban J connectivity index is 2.29. The van der Waals surface area contributed by atoms with Crippen LogP contribution in [0, 0.1) is 11.8 Å². The lowest BCUT2D eigenvalue weighted by molar-refractivity contribution is -0.269. The van der Waals surface area contributed by atoms with Crippen LogP contribution in [0.25, 0.3) is 0 Å². The van der Waals surface area contributed by atoms with Gasteiger partial charge < -0.3 is 10.1 Å². The molecular formula is C20H15ClF3NO2. The number of benzene rings is 2. The van der Waals surface area contributed by atoms with Crippen LogP contribution < -0.4 is 5.32 Å². The molecule has 1 aliphatic rings. The van der Waals surface area contributed by atoms with Crippen LogP contribution in [-0.2, 0) is 15.1 Å². The number of fused-ring (bicyclic) bond motifs is 1. The third-order valence-corrected chi connectivity index (χ3v) is 4.33. The van der Waals surface area contributed by atoms with Crippen molar-refractivity contribution in [2.24, 2.45) is 0 Å². The standard InChI is InChI=1S/C20H15ClF3NO2/c1-2-3-11-19(20(22,23)24)15-12-14(21)9-10-16(15)25-18(26)17(27-19)13-7-5-4-6-8-13/h4-10,12,17H,2H2,1H3,(H,25,26)/t17-,19-/m0/s1. The fraction of sp³-hybridized carbons (Fsp3) is 0.250. The van der Waals surface area contributed by atoms with Crippen molar-refractivity contribution in [3.8, 4) is 11.8 Å². The SMILES string of the molecule is CCC#C[C@]1(C(F)(F)F)O[C@@H](c2ccccc2)C(=O)Nc2ccc(Cl)cc21. The lowest BCUT2D eigenvalue weighted by Gasteiger charge is -2.33. The summed E-state index contributed by atoms with van der Waals surface area (Å²) in [5.41, 5.74) is -3.08. The molecule has 0 aromatic heterocycles. The van der Waals surface area contributed by atoms with Crippen LogP contribution >= 0.6 is 11.6 Å². The highest BCUT2D eigenvalue weighted by atomic mass is 35.5. The predicted molar refractivity (Wildman–Crippen MR) is 96.1 cm³/mol. The highest BCUT2D eigenvalue weighted by Gasteiger charge is 2.60. The Morgan fingerprint density at radius 1 is 1.22 bits per heavy atom. The molecule has 0 fully saturated rings. The number of nitrogens with one attached hydrogen (secondary N) is 1. The van der Waals surface area contributed by atoms with Gasteiger partial charge in [-0.25, -0.2) is 0 Å². The van der Waals surface area contributed by atoms with E-state index in [4.69, 9.17) is 16.3 Å². The zero-order chi connectivity index (χ0) is 19.7. The Hall–Kier alpha value is -2.49. The molecule has 0 saturated heterocycles. The first-order valence-corrected chi connectivity index (χ1v) is 8.56. The fourth-order valence-corrected chi connectivity index (χ4v) is 3.03. The van der Waals surface area contributed by atoms with Crippen LogP contribution in [0.2, 0.25) is 5.02 Å². The molecule has 1 aliphatic heterocycles. The van der Waals surface area contributed by atoms with E-state index in [0.717, 1.165) is 6.07 Å². The first kappa shape index (κ1) is 19.3. The number of hydrogen-bond acceptors (Lipinski definition) is 2. The van der Waals surface area contributed by atoms with Crippen LogP contribution in [0.3, 0.4) is 0 Å². The topological polar surface area (TPSA) is 38.3 Å². The summed E-state index contributed by atoms with van der Waals surface area (Å²) in [7, 11) is 0. The Morgan fingerprint density at radius 2 is 1.93 bits per heavy atom. The van der Waals surface area contributed by atoms with Crippen LogP contribution in [0.15, 0.2) is 48.5 Å². The van der Waals surface area contributed by atoms with Gasteiger partial charge in [0.1, 0.15) is 0 Å². The minimum absolute atomic E-state index is 0.0365. The molecule has 0 unspecified atom stereocenters. The van der Waals surface area contributed by atoms with Gasteiger partial charge >= 0.3 is 6.18 Å². The first-order chi connectivity index (χ1) is 12.8. The van der Waals surface area contributed by atoms with Crippen LogP contribution in [-0.4, -0.2) is 12.1 Å². The van der Waals surface area contributed by atoms with Gasteiger partial charge in [-0.2, -0.15) is 13.2 Å². The van der Waals surface area contributed by atoms with E-state index in [-0.39, 0.29) is 22.7 Å². The van der Waals surface area contributed by atoms with E-state index >= 15 is 0 Å². The van der Waals surface area contributed by atoms with Gasteiger partial charge in [-0.1, -0.05) is 60.7 Å². The van der Waals surface area contributed by atoms with Gasteiger partial charge in [0, 0.05) is 22.7 Å². The van der Waals surface area contributed by atoms with Crippen LogP contribution in [0.4, 0.5) is 18.9 Å². The van der Waals surface area contributed by atoms with Crippen molar-refractivity contribution in [2.45, 2.75) is 31.2 Å². The quantitative estimate of drug-likeness (QED) is 0.674. The lowest BCUT2D eigenvalue weighted by Crippen LogP contribution is -2.44. The number of alkyl halides is 3. The minimum atomic E-state index is -4.91. The molecule has 140 valence electrons. The summed E-state index contributed by atoms with van der Waals surface area (Å²) >= 11 is 5.95. The van der Waals surface area contributed by atoms with Gasteiger partial charge in [-0.15, -0.1) is 0 Å². The van der Waals surface area contributed by atoms with Gasteiger partial charge in [0.2, 0.25) is 0 Å². The second-order valence-corrected chi connectivity index (χ2v) is 6.36. The molecule has 0 radical (unpaired) electrons. The van der Waals surface area contributed by atoms with Gasteiger partial charge in [-0.3, -0.25) is 4.79 Å². The number of halogens is 4. The van der Waals surface area contributed by atoms with E-state index in [1.165, 1.54) is 24.3 Å². The maximum atomic E-state index is 14.3. The summed E-state index contributed by atoms with van der Waals surface area (Å²) in [6.07, 6.45) is -6.22. The number of carbonyl (C=O) groups is 1. The fourth-order valence-electron chi connectivity index (χ4n) is 2.86. The average molecular weight is 394 g/mol. The summed E-state index contributed by atoms with van der Waals surface area (Å²) in [5.74, 6) is 3.97. The number of ether oxygens (including phenoxy) is 1. The zero-order valence-corrected chi connectivity index (χ0v) is 15.0. The molecule has 2 aromatic carbocycles. The molecule has 2 atom stereocenters. The van der Waals surface area contributed by atoms with Crippen molar-refractivity contribution in [1.82, 2.24) is 0 Å². The molecule has 3 nitrogen and oxygen atoms in total. The first-order valence-electron chi connectivity index (χ1n) is 8.19. The molecule has 1 amide bonds. The van der Waals surface area contributed by atoms with Gasteiger partial charge in [0.05, 0.1) is 0 Å². The lowest BCUT2D eigenvalue weighted by atomic mass is 9.91. The number of rotatable bonds is 1. The number of carbonyl (C=O) groups excluding carboxylic acids is 1. The third-order valence-electron chi connectivity index (χ3n) is 4.09. The maximum Gasteiger partial charge on any atom is 0.433 e. The second kappa shape index (κ2) is 7.26. The van der Waals surface area contributed by atoms with E-state index in [9.17, 15) is 18.0 Å². The molecule has 0 bridgehead atoms. The number of amides is 1. The van der Waals surface area contributed by atoms with Crippen molar-refractivity contribution < 1.29 is 22.7 Å². The average Bonchev–Trinajstić information content (AvgIpc) is 2.75. The van der Waals surface area contributed by atoms with Crippen molar-refractivity contribution in [1.29, 1.82) is 0 Å². The van der Waals surface area contributed by atoms with E-state index in [1.807, 2.05) is 0 Å². The summed E-state index contributed by atoms with van der Waals surface area (Å²) < 4.78 is 48.4. The molecule has 3 rings (SSSR count). The molecule has 2 aromatic rings. The maximum absolute atomic E-state index is 14.3.